The van der Waals surface area contributed by atoms with Gasteiger partial charge in [0.2, 0.25) is 5.91 Å². The van der Waals surface area contributed by atoms with Crippen molar-refractivity contribution in [2.45, 2.75) is 32.7 Å². The summed E-state index contributed by atoms with van der Waals surface area (Å²) in [5.41, 5.74) is 1.81. The first-order chi connectivity index (χ1) is 11.2. The summed E-state index contributed by atoms with van der Waals surface area (Å²) in [6.45, 7) is 8.91. The van der Waals surface area contributed by atoms with E-state index in [9.17, 15) is 9.59 Å². The van der Waals surface area contributed by atoms with Crippen molar-refractivity contribution in [3.8, 4) is 0 Å². The van der Waals surface area contributed by atoms with Gasteiger partial charge in [0, 0.05) is 26.2 Å². The molecule has 2 aliphatic rings. The van der Waals surface area contributed by atoms with Gasteiger partial charge in [-0.1, -0.05) is 32.0 Å². The molecule has 2 fully saturated rings. The third kappa shape index (κ3) is 3.03. The molecular weight excluding hydrogens is 290 g/mol. The Balaban J connectivity index is 1.78. The van der Waals surface area contributed by atoms with Crippen LogP contribution in [-0.2, 0) is 16.0 Å². The first-order valence-electron chi connectivity index (χ1n) is 8.56. The number of nitrogens with zero attached hydrogens (tertiary/aromatic N) is 3. The summed E-state index contributed by atoms with van der Waals surface area (Å²) >= 11 is 0. The Kier molecular flexibility index (Phi) is 4.78. The maximum absolute atomic E-state index is 12.9. The van der Waals surface area contributed by atoms with E-state index in [1.807, 2.05) is 31.2 Å². The number of para-hydroxylation sites is 1. The first-order valence-corrected chi connectivity index (χ1v) is 8.56. The highest BCUT2D eigenvalue weighted by molar-refractivity contribution is 6.22. The van der Waals surface area contributed by atoms with Gasteiger partial charge in [-0.2, -0.15) is 0 Å². The van der Waals surface area contributed by atoms with E-state index in [4.69, 9.17) is 0 Å². The lowest BCUT2D eigenvalue weighted by atomic mass is 10.1. The molecule has 2 aliphatic heterocycles. The Hall–Kier alpha value is -1.72. The van der Waals surface area contributed by atoms with E-state index in [-0.39, 0.29) is 17.9 Å². The van der Waals surface area contributed by atoms with Crippen LogP contribution in [0.2, 0.25) is 0 Å². The molecule has 0 bridgehead atoms. The lowest BCUT2D eigenvalue weighted by Gasteiger charge is -2.36. The van der Waals surface area contributed by atoms with Gasteiger partial charge >= 0.3 is 0 Å². The van der Waals surface area contributed by atoms with E-state index < -0.39 is 0 Å². The fraction of sp³-hybridized carbons (Fsp3) is 0.556. The minimum absolute atomic E-state index is 0.0548. The fourth-order valence-corrected chi connectivity index (χ4v) is 3.57. The Morgan fingerprint density at radius 2 is 1.74 bits per heavy atom. The second-order valence-electron chi connectivity index (χ2n) is 6.24. The summed E-state index contributed by atoms with van der Waals surface area (Å²) in [5, 5.41) is 0. The quantitative estimate of drug-likeness (QED) is 0.790. The number of hydrogen-bond donors (Lipinski definition) is 0. The molecule has 5 nitrogen and oxygen atoms in total. The number of imide groups is 1. The largest absolute Gasteiger partial charge is 0.301 e. The molecule has 0 aliphatic carbocycles. The van der Waals surface area contributed by atoms with Gasteiger partial charge in [-0.15, -0.1) is 0 Å². The topological polar surface area (TPSA) is 43.9 Å². The van der Waals surface area contributed by atoms with E-state index in [0.717, 1.165) is 50.4 Å². The number of carbonyl (C=O) groups is 2. The van der Waals surface area contributed by atoms with Crippen LogP contribution >= 0.6 is 0 Å². The van der Waals surface area contributed by atoms with Crippen molar-refractivity contribution >= 4 is 17.5 Å². The first kappa shape index (κ1) is 16.1. The van der Waals surface area contributed by atoms with Gasteiger partial charge in [0.1, 0.15) is 0 Å². The summed E-state index contributed by atoms with van der Waals surface area (Å²) in [5.74, 6) is -0.125. The maximum atomic E-state index is 12.9. The molecule has 124 valence electrons. The van der Waals surface area contributed by atoms with E-state index >= 15 is 0 Å². The molecule has 2 saturated heterocycles. The van der Waals surface area contributed by atoms with Crippen molar-refractivity contribution in [2.75, 3.05) is 37.6 Å². The number of rotatable bonds is 4. The van der Waals surface area contributed by atoms with Crippen LogP contribution in [0, 0.1) is 0 Å². The van der Waals surface area contributed by atoms with Gasteiger partial charge in [0.15, 0.2) is 0 Å². The minimum Gasteiger partial charge on any atom is -0.301 e. The van der Waals surface area contributed by atoms with Gasteiger partial charge in [0.25, 0.3) is 5.91 Å². The molecule has 2 amide bonds. The van der Waals surface area contributed by atoms with Gasteiger partial charge in [0.05, 0.1) is 18.2 Å². The minimum atomic E-state index is -0.286. The standard InChI is InChI=1S/C18H25N3O2/c1-3-14-7-5-6-8-15(14)21-17(22)13-16(18(21)23)20-11-9-19(4-2)10-12-20/h5-8,16H,3-4,9-13H2,1-2H3/t16-/m0/s1. The average Bonchev–Trinajstić information content (AvgIpc) is 2.89. The second kappa shape index (κ2) is 6.81. The third-order valence-corrected chi connectivity index (χ3v) is 5.03. The van der Waals surface area contributed by atoms with Crippen molar-refractivity contribution < 1.29 is 9.59 Å². The zero-order chi connectivity index (χ0) is 16.4. The smallest absolute Gasteiger partial charge is 0.251 e. The molecule has 0 N–H and O–H groups in total. The van der Waals surface area contributed by atoms with Gasteiger partial charge in [-0.05, 0) is 24.6 Å². The summed E-state index contributed by atoms with van der Waals surface area (Å²) in [6.07, 6.45) is 1.12. The van der Waals surface area contributed by atoms with Crippen LogP contribution in [0.5, 0.6) is 0 Å². The average molecular weight is 315 g/mol. The lowest BCUT2D eigenvalue weighted by molar-refractivity contribution is -0.123. The van der Waals surface area contributed by atoms with Gasteiger partial charge < -0.3 is 4.90 Å². The fourth-order valence-electron chi connectivity index (χ4n) is 3.57. The van der Waals surface area contributed by atoms with Crippen LogP contribution in [-0.4, -0.2) is 60.4 Å². The summed E-state index contributed by atoms with van der Waals surface area (Å²) in [4.78, 5) is 31.4. The van der Waals surface area contributed by atoms with Crippen LogP contribution < -0.4 is 4.90 Å². The lowest BCUT2D eigenvalue weighted by Crippen LogP contribution is -2.52. The Bertz CT molecular complexity index is 594. The molecule has 0 saturated carbocycles. The van der Waals surface area contributed by atoms with Crippen molar-refractivity contribution in [3.05, 3.63) is 29.8 Å². The highest BCUT2D eigenvalue weighted by atomic mass is 16.2. The molecule has 1 aromatic rings. The van der Waals surface area contributed by atoms with Crippen molar-refractivity contribution in [1.82, 2.24) is 9.80 Å². The number of likely N-dealkylation sites (N-methyl/N-ethyl adjacent to an activating group) is 1. The molecule has 2 heterocycles. The maximum Gasteiger partial charge on any atom is 0.251 e. The van der Waals surface area contributed by atoms with Crippen LogP contribution in [0.1, 0.15) is 25.8 Å². The second-order valence-corrected chi connectivity index (χ2v) is 6.24. The van der Waals surface area contributed by atoms with Crippen LogP contribution in [0.3, 0.4) is 0 Å². The molecule has 0 radical (unpaired) electrons. The molecule has 0 spiro atoms. The number of carbonyl (C=O) groups excluding carboxylic acids is 2. The normalized spacial score (nSPS) is 23.7. The summed E-state index contributed by atoms with van der Waals surface area (Å²) in [6, 6.07) is 7.43. The molecule has 1 aromatic carbocycles. The Labute approximate surface area is 137 Å². The van der Waals surface area contributed by atoms with Crippen molar-refractivity contribution in [3.63, 3.8) is 0 Å². The van der Waals surface area contributed by atoms with Crippen molar-refractivity contribution in [2.24, 2.45) is 0 Å². The van der Waals surface area contributed by atoms with Crippen LogP contribution in [0.25, 0.3) is 0 Å². The molecular formula is C18H25N3O2. The molecule has 3 rings (SSSR count). The highest BCUT2D eigenvalue weighted by Gasteiger charge is 2.43. The summed E-state index contributed by atoms with van der Waals surface area (Å²) in [7, 11) is 0. The monoisotopic (exact) mass is 315 g/mol. The zero-order valence-electron chi connectivity index (χ0n) is 14.0. The number of anilines is 1. The Morgan fingerprint density at radius 3 is 2.39 bits per heavy atom. The van der Waals surface area contributed by atoms with Gasteiger partial charge in [-0.3, -0.25) is 14.5 Å². The Morgan fingerprint density at radius 1 is 1.04 bits per heavy atom. The zero-order valence-corrected chi connectivity index (χ0v) is 14.0. The van der Waals surface area contributed by atoms with Crippen LogP contribution in [0.4, 0.5) is 5.69 Å². The molecule has 0 aromatic heterocycles. The molecule has 0 unspecified atom stereocenters. The number of hydrogen-bond acceptors (Lipinski definition) is 4. The number of piperazine rings is 1. The molecule has 23 heavy (non-hydrogen) atoms. The van der Waals surface area contributed by atoms with E-state index in [0.29, 0.717) is 6.42 Å². The van der Waals surface area contributed by atoms with E-state index in [1.165, 1.54) is 4.90 Å². The predicted octanol–water partition coefficient (Wildman–Crippen LogP) is 1.52. The number of benzene rings is 1. The summed E-state index contributed by atoms with van der Waals surface area (Å²) < 4.78 is 0. The van der Waals surface area contributed by atoms with Crippen molar-refractivity contribution in [1.29, 1.82) is 0 Å². The molecule has 1 atom stereocenters. The SMILES string of the molecule is CCc1ccccc1N1C(=O)C[C@H](N2CCN(CC)CC2)C1=O. The highest BCUT2D eigenvalue weighted by Crippen LogP contribution is 2.29. The van der Waals surface area contributed by atoms with E-state index in [1.54, 1.807) is 0 Å². The third-order valence-electron chi connectivity index (χ3n) is 5.03. The predicted molar refractivity (Wildman–Crippen MR) is 90.4 cm³/mol. The van der Waals surface area contributed by atoms with Crippen LogP contribution in [0.15, 0.2) is 24.3 Å². The molecule has 5 heteroatoms. The number of amides is 2. The van der Waals surface area contributed by atoms with E-state index in [2.05, 4.69) is 16.7 Å². The van der Waals surface area contributed by atoms with Gasteiger partial charge in [-0.25, -0.2) is 4.90 Å². The number of aryl methyl sites for hydroxylation is 1.